The van der Waals surface area contributed by atoms with Crippen molar-refractivity contribution in [3.8, 4) is 11.5 Å². The van der Waals surface area contributed by atoms with Gasteiger partial charge >= 0.3 is 5.97 Å². The summed E-state index contributed by atoms with van der Waals surface area (Å²) in [6, 6.07) is 10.1. The van der Waals surface area contributed by atoms with E-state index in [9.17, 15) is 14.9 Å². The Balaban J connectivity index is 2.12. The van der Waals surface area contributed by atoms with Crippen molar-refractivity contribution >= 4 is 23.3 Å². The number of nitro groups is 1. The first-order valence-electron chi connectivity index (χ1n) is 6.90. The lowest BCUT2D eigenvalue weighted by atomic mass is 10.2. The van der Waals surface area contributed by atoms with Crippen LogP contribution >= 0.6 is 11.6 Å². The van der Waals surface area contributed by atoms with Crippen LogP contribution in [0.25, 0.3) is 0 Å². The summed E-state index contributed by atoms with van der Waals surface area (Å²) in [5.74, 6) is 0.197. The third-order valence-corrected chi connectivity index (χ3v) is 3.22. The van der Waals surface area contributed by atoms with Crippen LogP contribution in [0, 0.1) is 10.1 Å². The number of benzene rings is 2. The molecular weight excluding hydrogens is 322 g/mol. The van der Waals surface area contributed by atoms with E-state index in [1.165, 1.54) is 12.1 Å². The fraction of sp³-hybridized carbons (Fsp3) is 0.188. The molecule has 0 saturated carbocycles. The number of carbonyl (C=O) groups excluding carboxylic acids is 1. The van der Waals surface area contributed by atoms with Gasteiger partial charge in [-0.25, -0.2) is 4.79 Å². The number of halogens is 1. The third-order valence-electron chi connectivity index (χ3n) is 2.89. The lowest BCUT2D eigenvalue weighted by molar-refractivity contribution is -0.384. The molecule has 0 aliphatic carbocycles. The highest BCUT2D eigenvalue weighted by Crippen LogP contribution is 2.24. The molecule has 0 unspecified atom stereocenters. The van der Waals surface area contributed by atoms with Crippen molar-refractivity contribution in [2.24, 2.45) is 0 Å². The zero-order chi connectivity index (χ0) is 16.8. The lowest BCUT2D eigenvalue weighted by Crippen LogP contribution is -2.09. The highest BCUT2D eigenvalue weighted by Gasteiger charge is 2.17. The quantitative estimate of drug-likeness (QED) is 0.341. The highest BCUT2D eigenvalue weighted by atomic mass is 35.5. The van der Waals surface area contributed by atoms with Crippen LogP contribution in [0.4, 0.5) is 5.69 Å². The second kappa shape index (κ2) is 7.60. The van der Waals surface area contributed by atoms with Crippen molar-refractivity contribution in [3.05, 3.63) is 63.2 Å². The van der Waals surface area contributed by atoms with E-state index in [2.05, 4.69) is 0 Å². The Morgan fingerprint density at radius 2 is 1.83 bits per heavy atom. The van der Waals surface area contributed by atoms with Crippen LogP contribution in [0.5, 0.6) is 11.5 Å². The van der Waals surface area contributed by atoms with Crippen LogP contribution in [-0.4, -0.2) is 17.5 Å². The molecule has 0 N–H and O–H groups in total. The summed E-state index contributed by atoms with van der Waals surface area (Å²) in [6.07, 6.45) is 0.891. The maximum absolute atomic E-state index is 12.1. The van der Waals surface area contributed by atoms with Gasteiger partial charge in [-0.15, -0.1) is 0 Å². The molecule has 0 aliphatic rings. The third kappa shape index (κ3) is 4.43. The van der Waals surface area contributed by atoms with Gasteiger partial charge in [0.1, 0.15) is 11.5 Å². The predicted molar refractivity (Wildman–Crippen MR) is 85.3 cm³/mol. The van der Waals surface area contributed by atoms with Crippen LogP contribution < -0.4 is 9.47 Å². The van der Waals surface area contributed by atoms with E-state index >= 15 is 0 Å². The van der Waals surface area contributed by atoms with Crippen molar-refractivity contribution in [1.82, 2.24) is 0 Å². The van der Waals surface area contributed by atoms with E-state index in [-0.39, 0.29) is 16.3 Å². The monoisotopic (exact) mass is 335 g/mol. The van der Waals surface area contributed by atoms with Gasteiger partial charge in [0.05, 0.1) is 22.1 Å². The standard InChI is InChI=1S/C16H14ClNO5/c1-2-9-22-12-4-6-13(7-5-12)23-16(19)14-10-11(18(20)21)3-8-15(14)17/h3-8,10H,2,9H2,1H3. The molecule has 120 valence electrons. The number of hydrogen-bond donors (Lipinski definition) is 0. The molecule has 0 aromatic heterocycles. The average molecular weight is 336 g/mol. The molecule has 0 saturated heterocycles. The van der Waals surface area contributed by atoms with Crippen molar-refractivity contribution < 1.29 is 19.2 Å². The van der Waals surface area contributed by atoms with E-state index in [1.807, 2.05) is 6.92 Å². The van der Waals surface area contributed by atoms with E-state index in [4.69, 9.17) is 21.1 Å². The zero-order valence-electron chi connectivity index (χ0n) is 12.3. The molecule has 0 bridgehead atoms. The largest absolute Gasteiger partial charge is 0.494 e. The van der Waals surface area contributed by atoms with Gasteiger partial charge in [0.15, 0.2) is 0 Å². The molecule has 0 heterocycles. The minimum Gasteiger partial charge on any atom is -0.494 e. The maximum atomic E-state index is 12.1. The number of rotatable bonds is 6. The second-order valence-corrected chi connectivity index (χ2v) is 5.04. The fourth-order valence-corrected chi connectivity index (χ4v) is 1.96. The van der Waals surface area contributed by atoms with Gasteiger partial charge in [0.25, 0.3) is 5.69 Å². The molecule has 0 fully saturated rings. The smallest absolute Gasteiger partial charge is 0.345 e. The normalized spacial score (nSPS) is 10.2. The molecule has 0 spiro atoms. The summed E-state index contributed by atoms with van der Waals surface area (Å²) in [7, 11) is 0. The molecule has 0 aliphatic heterocycles. The molecule has 0 atom stereocenters. The molecule has 23 heavy (non-hydrogen) atoms. The first-order valence-corrected chi connectivity index (χ1v) is 7.28. The average Bonchev–Trinajstić information content (AvgIpc) is 2.54. The van der Waals surface area contributed by atoms with E-state index in [1.54, 1.807) is 24.3 Å². The summed E-state index contributed by atoms with van der Waals surface area (Å²) in [6.45, 7) is 2.60. The van der Waals surface area contributed by atoms with Gasteiger partial charge < -0.3 is 9.47 Å². The van der Waals surface area contributed by atoms with Gasteiger partial charge in [-0.3, -0.25) is 10.1 Å². The Labute approximate surface area is 137 Å². The zero-order valence-corrected chi connectivity index (χ0v) is 13.1. The molecule has 0 amide bonds. The maximum Gasteiger partial charge on any atom is 0.345 e. The van der Waals surface area contributed by atoms with Gasteiger partial charge in [-0.05, 0) is 36.8 Å². The van der Waals surface area contributed by atoms with Crippen LogP contribution in [-0.2, 0) is 0 Å². The summed E-state index contributed by atoms with van der Waals surface area (Å²) < 4.78 is 10.6. The van der Waals surface area contributed by atoms with Crippen LogP contribution in [0.2, 0.25) is 5.02 Å². The lowest BCUT2D eigenvalue weighted by Gasteiger charge is -2.08. The van der Waals surface area contributed by atoms with E-state index in [0.717, 1.165) is 12.5 Å². The molecule has 0 radical (unpaired) electrons. The summed E-state index contributed by atoms with van der Waals surface area (Å²) in [4.78, 5) is 22.3. The molecule has 2 rings (SSSR count). The van der Waals surface area contributed by atoms with Gasteiger partial charge in [0, 0.05) is 12.1 Å². The van der Waals surface area contributed by atoms with Gasteiger partial charge in [0.2, 0.25) is 0 Å². The number of nitro benzene ring substituents is 1. The number of non-ortho nitro benzene ring substituents is 1. The number of hydrogen-bond acceptors (Lipinski definition) is 5. The Morgan fingerprint density at radius 3 is 2.43 bits per heavy atom. The van der Waals surface area contributed by atoms with Crippen LogP contribution in [0.15, 0.2) is 42.5 Å². The summed E-state index contributed by atoms with van der Waals surface area (Å²) in [5, 5.41) is 10.9. The number of esters is 1. The number of ether oxygens (including phenoxy) is 2. The molecule has 2 aromatic carbocycles. The predicted octanol–water partition coefficient (Wildman–Crippen LogP) is 4.26. The van der Waals surface area contributed by atoms with E-state index < -0.39 is 10.9 Å². The Hall–Kier alpha value is -2.60. The Morgan fingerprint density at radius 1 is 1.17 bits per heavy atom. The summed E-state index contributed by atoms with van der Waals surface area (Å²) in [5.41, 5.74) is -0.295. The topological polar surface area (TPSA) is 78.7 Å². The first-order chi connectivity index (χ1) is 11.0. The van der Waals surface area contributed by atoms with Crippen LogP contribution in [0.3, 0.4) is 0 Å². The van der Waals surface area contributed by atoms with Crippen molar-refractivity contribution in [2.75, 3.05) is 6.61 Å². The van der Waals surface area contributed by atoms with E-state index in [0.29, 0.717) is 18.1 Å². The summed E-state index contributed by atoms with van der Waals surface area (Å²) >= 11 is 5.90. The minimum absolute atomic E-state index is 0.0628. The van der Waals surface area contributed by atoms with Crippen LogP contribution in [0.1, 0.15) is 23.7 Å². The van der Waals surface area contributed by atoms with Crippen molar-refractivity contribution in [2.45, 2.75) is 13.3 Å². The Bertz CT molecular complexity index is 715. The second-order valence-electron chi connectivity index (χ2n) is 4.63. The Kier molecular flexibility index (Phi) is 5.54. The molecular formula is C16H14ClNO5. The minimum atomic E-state index is -0.763. The first kappa shape index (κ1) is 16.8. The fourth-order valence-electron chi connectivity index (χ4n) is 1.77. The number of nitrogens with zero attached hydrogens (tertiary/aromatic N) is 1. The molecule has 7 heteroatoms. The molecule has 6 nitrogen and oxygen atoms in total. The SMILES string of the molecule is CCCOc1ccc(OC(=O)c2cc([N+](=O)[O-])ccc2Cl)cc1. The van der Waals surface area contributed by atoms with Crippen molar-refractivity contribution in [1.29, 1.82) is 0 Å². The van der Waals surface area contributed by atoms with Gasteiger partial charge in [-0.1, -0.05) is 18.5 Å². The number of carbonyl (C=O) groups is 1. The highest BCUT2D eigenvalue weighted by molar-refractivity contribution is 6.33. The van der Waals surface area contributed by atoms with Crippen molar-refractivity contribution in [3.63, 3.8) is 0 Å². The van der Waals surface area contributed by atoms with Gasteiger partial charge in [-0.2, -0.15) is 0 Å². The molecule has 2 aromatic rings.